The minimum absolute atomic E-state index is 0.0379. The number of rotatable bonds is 19. The number of amides is 1. The second-order valence-corrected chi connectivity index (χ2v) is 20.9. The maximum absolute atomic E-state index is 13.5. The molecular weight excluding hydrogens is 907 g/mol. The van der Waals surface area contributed by atoms with E-state index < -0.39 is 27.2 Å². The number of nitrogens with zero attached hydrogens (tertiary/aromatic N) is 10. The lowest BCUT2D eigenvalue weighted by Gasteiger charge is -2.29. The molecule has 3 heterocycles. The summed E-state index contributed by atoms with van der Waals surface area (Å²) in [5, 5.41) is 36.4. The monoisotopic (exact) mass is 967 g/mol. The highest BCUT2D eigenvalue weighted by atomic mass is 32.2. The first-order chi connectivity index (χ1) is 32.0. The van der Waals surface area contributed by atoms with E-state index in [1.807, 2.05) is 75.3 Å². The zero-order valence-electron chi connectivity index (χ0n) is 41.2. The van der Waals surface area contributed by atoms with Crippen LogP contribution in [0.15, 0.2) is 44.9 Å². The number of benzene rings is 2. The van der Waals surface area contributed by atoms with E-state index in [1.54, 1.807) is 13.8 Å². The van der Waals surface area contributed by atoms with E-state index in [0.29, 0.717) is 48.0 Å². The first-order valence-corrected chi connectivity index (χ1v) is 25.0. The third kappa shape index (κ3) is 12.7. The van der Waals surface area contributed by atoms with Crippen molar-refractivity contribution in [1.82, 2.24) is 29.9 Å². The number of esters is 2. The molecule has 20 heteroatoms. The lowest BCUT2D eigenvalue weighted by Crippen LogP contribution is -2.40. The molecule has 68 heavy (non-hydrogen) atoms. The van der Waals surface area contributed by atoms with Crippen molar-refractivity contribution < 1.29 is 32.3 Å². The number of ether oxygens (including phenoxy) is 2. The molecule has 0 radical (unpaired) electrons. The summed E-state index contributed by atoms with van der Waals surface area (Å²) >= 11 is 0.800. The molecular formula is C48H61N11O7S2. The van der Waals surface area contributed by atoms with Gasteiger partial charge in [0.1, 0.15) is 36.2 Å². The number of hydrogen-bond donors (Lipinski definition) is 1. The predicted molar refractivity (Wildman–Crippen MR) is 262 cm³/mol. The van der Waals surface area contributed by atoms with E-state index in [4.69, 9.17) is 24.7 Å². The van der Waals surface area contributed by atoms with E-state index >= 15 is 0 Å². The fraction of sp³-hybridized carbons (Fsp3) is 0.458. The third-order valence-corrected chi connectivity index (χ3v) is 13.3. The van der Waals surface area contributed by atoms with Gasteiger partial charge < -0.3 is 24.6 Å². The van der Waals surface area contributed by atoms with Crippen molar-refractivity contribution in [3.63, 3.8) is 0 Å². The van der Waals surface area contributed by atoms with Crippen LogP contribution in [0.4, 0.5) is 34.5 Å². The zero-order valence-corrected chi connectivity index (χ0v) is 42.8. The third-order valence-electron chi connectivity index (χ3n) is 10.7. The molecule has 1 N–H and O–H groups in total. The van der Waals surface area contributed by atoms with Crippen LogP contribution in [-0.4, -0.2) is 95.2 Å². The van der Waals surface area contributed by atoms with Crippen molar-refractivity contribution >= 4 is 73.5 Å². The van der Waals surface area contributed by atoms with Gasteiger partial charge in [0.15, 0.2) is 11.6 Å². The van der Waals surface area contributed by atoms with Gasteiger partial charge in [-0.2, -0.15) is 15.0 Å². The number of azo groups is 1. The number of aryl methyl sites for hydroxylation is 7. The summed E-state index contributed by atoms with van der Waals surface area (Å²) in [6.45, 7) is 23.1. The van der Waals surface area contributed by atoms with Crippen LogP contribution in [0.3, 0.4) is 0 Å². The smallest absolute Gasteiger partial charge is 0.325 e. The van der Waals surface area contributed by atoms with E-state index in [1.165, 1.54) is 9.58 Å². The maximum atomic E-state index is 13.5. The van der Waals surface area contributed by atoms with Crippen molar-refractivity contribution in [2.24, 2.45) is 10.2 Å². The van der Waals surface area contributed by atoms with Gasteiger partial charge in [0, 0.05) is 36.0 Å². The second-order valence-electron chi connectivity index (χ2n) is 17.8. The van der Waals surface area contributed by atoms with Crippen molar-refractivity contribution in [1.29, 1.82) is 5.26 Å². The van der Waals surface area contributed by atoms with E-state index in [2.05, 4.69) is 55.9 Å². The molecule has 2 aromatic carbocycles. The Balaban J connectivity index is 1.63. The highest BCUT2D eigenvalue weighted by Gasteiger charge is 2.30. The minimum Gasteiger partial charge on any atom is -0.465 e. The molecule has 5 rings (SSSR count). The average molecular weight is 968 g/mol. The predicted octanol–water partition coefficient (Wildman–Crippen LogP) is 9.27. The molecule has 0 spiro atoms. The Morgan fingerprint density at radius 1 is 0.838 bits per heavy atom. The Bertz CT molecular complexity index is 2830. The molecule has 5 aromatic rings. The van der Waals surface area contributed by atoms with Crippen LogP contribution in [-0.2, 0) is 39.1 Å². The topological polar surface area (TPSA) is 227 Å². The summed E-state index contributed by atoms with van der Waals surface area (Å²) < 4.78 is 36.1. The summed E-state index contributed by atoms with van der Waals surface area (Å²) in [5.74, 6) is -0.618. The van der Waals surface area contributed by atoms with E-state index in [9.17, 15) is 28.1 Å². The van der Waals surface area contributed by atoms with Crippen LogP contribution in [0.5, 0.6) is 0 Å². The SMILES string of the molecule is CCOC(=O)CN(CC(=O)OCC)C(=O)CCCCN(c1cc(C)c(N=Nc2c(C#N)c(C(C)(C)C)nn2-c2nnc(S(C)(=O)=O)s2)c(Nc2c(C)cc(C)cc2C)n1)c1c(C)cc(C)cc1C. The number of carbonyl (C=O) groups excluding carboxylic acids is 3. The number of anilines is 4. The largest absolute Gasteiger partial charge is 0.465 e. The number of pyridine rings is 1. The molecule has 0 saturated heterocycles. The Kier molecular flexibility index (Phi) is 17.0. The standard InChI is InChI=1S/C48H61N11O7S2/c1-14-65-38(61)26-57(27-39(62)66-15-2)37(60)18-16-17-19-58(42-33(8)22-29(4)23-34(42)9)36-24-32(7)41(44(50-36)51-40-30(5)20-28(3)21-31(40)6)52-53-45-35(25-49)43(48(10,11)12)56-59(45)46-54-55-47(67-46)68(13,63)64/h20-24H,14-19,26-27H2,1-13H3,(H,50,51). The molecule has 0 aliphatic carbocycles. The van der Waals surface area contributed by atoms with Crippen LogP contribution in [0.2, 0.25) is 0 Å². The number of nitriles is 1. The lowest BCUT2D eigenvalue weighted by molar-refractivity contribution is -0.154. The Morgan fingerprint density at radius 3 is 1.93 bits per heavy atom. The minimum atomic E-state index is -3.70. The Morgan fingerprint density at radius 2 is 1.41 bits per heavy atom. The number of sulfone groups is 1. The van der Waals surface area contributed by atoms with Crippen LogP contribution in [0.1, 0.15) is 104 Å². The van der Waals surface area contributed by atoms with Gasteiger partial charge in [-0.15, -0.1) is 20.4 Å². The molecule has 3 aromatic heterocycles. The molecule has 0 aliphatic heterocycles. The van der Waals surface area contributed by atoms with Gasteiger partial charge in [0.2, 0.25) is 25.2 Å². The summed E-state index contributed by atoms with van der Waals surface area (Å²) in [7, 11) is -3.70. The van der Waals surface area contributed by atoms with Crippen LogP contribution >= 0.6 is 11.3 Å². The number of hydrogen-bond acceptors (Lipinski definition) is 17. The summed E-state index contributed by atoms with van der Waals surface area (Å²) in [5.41, 5.74) is 8.87. The molecule has 0 saturated carbocycles. The molecule has 362 valence electrons. The van der Waals surface area contributed by atoms with Crippen LogP contribution in [0, 0.1) is 59.8 Å². The van der Waals surface area contributed by atoms with Gasteiger partial charge in [-0.3, -0.25) is 14.4 Å². The van der Waals surface area contributed by atoms with Gasteiger partial charge in [0.25, 0.3) is 0 Å². The first-order valence-electron chi connectivity index (χ1n) is 22.3. The Hall–Kier alpha value is -6.59. The number of nitrogens with one attached hydrogen (secondary N) is 1. The average Bonchev–Trinajstić information content (AvgIpc) is 3.88. The first kappa shape index (κ1) is 52.4. The maximum Gasteiger partial charge on any atom is 0.325 e. The van der Waals surface area contributed by atoms with Crippen molar-refractivity contribution in [2.75, 3.05) is 49.3 Å². The number of aromatic nitrogens is 5. The summed E-state index contributed by atoms with van der Waals surface area (Å²) in [4.78, 5) is 46.9. The highest BCUT2D eigenvalue weighted by molar-refractivity contribution is 7.92. The molecule has 1 amide bonds. The molecule has 0 bridgehead atoms. The van der Waals surface area contributed by atoms with Crippen LogP contribution in [0.25, 0.3) is 5.13 Å². The van der Waals surface area contributed by atoms with Crippen LogP contribution < -0.4 is 10.2 Å². The lowest BCUT2D eigenvalue weighted by atomic mass is 9.90. The fourth-order valence-corrected chi connectivity index (χ4v) is 9.45. The second kappa shape index (κ2) is 22.0. The Labute approximate surface area is 402 Å². The highest BCUT2D eigenvalue weighted by Crippen LogP contribution is 2.41. The zero-order chi connectivity index (χ0) is 50.2. The molecule has 0 unspecified atom stereocenters. The number of unbranched alkanes of at least 4 members (excludes halogenated alkanes) is 1. The molecule has 0 fully saturated rings. The molecule has 0 aliphatic rings. The normalized spacial score (nSPS) is 11.7. The van der Waals surface area contributed by atoms with Gasteiger partial charge in [-0.1, -0.05) is 67.5 Å². The van der Waals surface area contributed by atoms with Crippen molar-refractivity contribution in [3.05, 3.63) is 80.5 Å². The van der Waals surface area contributed by atoms with Crippen molar-refractivity contribution in [2.45, 2.75) is 112 Å². The van der Waals surface area contributed by atoms with Crippen molar-refractivity contribution in [3.8, 4) is 11.2 Å². The fourth-order valence-electron chi connectivity index (χ4n) is 7.89. The van der Waals surface area contributed by atoms with E-state index in [-0.39, 0.29) is 59.5 Å². The quantitative estimate of drug-likeness (QED) is 0.0462. The van der Waals surface area contributed by atoms with E-state index in [0.717, 1.165) is 62.3 Å². The van der Waals surface area contributed by atoms with Gasteiger partial charge in [-0.25, -0.2) is 13.4 Å². The summed E-state index contributed by atoms with van der Waals surface area (Å²) in [6.07, 6.45) is 2.05. The van der Waals surface area contributed by atoms with Gasteiger partial charge in [-0.05, 0) is 109 Å². The van der Waals surface area contributed by atoms with Gasteiger partial charge in [0.05, 0.1) is 18.9 Å². The molecule has 0 atom stereocenters. The molecule has 18 nitrogen and oxygen atoms in total. The summed E-state index contributed by atoms with van der Waals surface area (Å²) in [6, 6.07) is 12.5. The van der Waals surface area contributed by atoms with Gasteiger partial charge >= 0.3 is 11.9 Å². The number of carbonyl (C=O) groups is 3.